The third kappa shape index (κ3) is 3.47. The summed E-state index contributed by atoms with van der Waals surface area (Å²) in [5, 5.41) is 6.06. The summed E-state index contributed by atoms with van der Waals surface area (Å²) >= 11 is 3.35. The Morgan fingerprint density at radius 3 is 2.62 bits per heavy atom. The van der Waals surface area contributed by atoms with Gasteiger partial charge in [-0.3, -0.25) is 4.79 Å². The number of hydrogen-bond donors (Lipinski definition) is 2. The van der Waals surface area contributed by atoms with Gasteiger partial charge in [0.2, 0.25) is 5.91 Å². The lowest BCUT2D eigenvalue weighted by Gasteiger charge is -2.10. The van der Waals surface area contributed by atoms with Gasteiger partial charge in [-0.25, -0.2) is 0 Å². The average molecular weight is 306 g/mol. The average Bonchev–Trinajstić information content (AvgIpc) is 2.74. The lowest BCUT2D eigenvalue weighted by molar-refractivity contribution is -0.117. The summed E-state index contributed by atoms with van der Waals surface area (Å²) in [7, 11) is 0. The molecule has 2 N–H and O–H groups in total. The number of benzene rings is 1. The highest BCUT2D eigenvalue weighted by Gasteiger charge is 2.21. The lowest BCUT2D eigenvalue weighted by atomic mass is 10.2. The number of halogens is 2. The van der Waals surface area contributed by atoms with Gasteiger partial charge in [-0.1, -0.05) is 15.9 Å². The van der Waals surface area contributed by atoms with E-state index in [1.807, 2.05) is 24.3 Å². The van der Waals surface area contributed by atoms with Crippen LogP contribution in [0.4, 0.5) is 5.69 Å². The van der Waals surface area contributed by atoms with Gasteiger partial charge in [-0.2, -0.15) is 0 Å². The fourth-order valence-corrected chi connectivity index (χ4v) is 1.94. The van der Waals surface area contributed by atoms with Crippen LogP contribution in [0, 0.1) is 0 Å². The number of amides is 1. The van der Waals surface area contributed by atoms with Crippen molar-refractivity contribution in [2.45, 2.75) is 18.9 Å². The standard InChI is InChI=1S/C11H13BrN2O.ClH/c12-8-3-5-9(6-4-8)14-11(15)10-2-1-7-13-10;/h3-6,10,13H,1-2,7H2,(H,14,15);1H/t10-;/m0./s1. The van der Waals surface area contributed by atoms with Crippen molar-refractivity contribution in [3.05, 3.63) is 28.7 Å². The molecule has 1 aromatic rings. The summed E-state index contributed by atoms with van der Waals surface area (Å²) in [6.45, 7) is 0.943. The highest BCUT2D eigenvalue weighted by atomic mass is 79.9. The minimum atomic E-state index is -0.0198. The van der Waals surface area contributed by atoms with Gasteiger partial charge in [0.15, 0.2) is 0 Å². The van der Waals surface area contributed by atoms with Gasteiger partial charge >= 0.3 is 0 Å². The van der Waals surface area contributed by atoms with Gasteiger partial charge < -0.3 is 10.6 Å². The van der Waals surface area contributed by atoms with E-state index >= 15 is 0 Å². The zero-order chi connectivity index (χ0) is 10.7. The summed E-state index contributed by atoms with van der Waals surface area (Å²) in [6.07, 6.45) is 2.01. The number of hydrogen-bond acceptors (Lipinski definition) is 2. The van der Waals surface area contributed by atoms with Crippen LogP contribution in [0.2, 0.25) is 0 Å². The number of anilines is 1. The van der Waals surface area contributed by atoms with E-state index in [1.54, 1.807) is 0 Å². The molecule has 0 unspecified atom stereocenters. The molecule has 3 nitrogen and oxygen atoms in total. The van der Waals surface area contributed by atoms with E-state index < -0.39 is 0 Å². The van der Waals surface area contributed by atoms with E-state index in [2.05, 4.69) is 26.6 Å². The summed E-state index contributed by atoms with van der Waals surface area (Å²) in [6, 6.07) is 7.58. The van der Waals surface area contributed by atoms with E-state index in [9.17, 15) is 4.79 Å². The molecule has 16 heavy (non-hydrogen) atoms. The topological polar surface area (TPSA) is 41.1 Å². The highest BCUT2D eigenvalue weighted by Crippen LogP contribution is 2.15. The minimum absolute atomic E-state index is 0. The molecule has 1 atom stereocenters. The first-order chi connectivity index (χ1) is 7.25. The molecule has 0 spiro atoms. The summed E-state index contributed by atoms with van der Waals surface area (Å²) in [5.41, 5.74) is 0.844. The maximum atomic E-state index is 11.7. The molecule has 1 heterocycles. The highest BCUT2D eigenvalue weighted by molar-refractivity contribution is 9.10. The van der Waals surface area contributed by atoms with Crippen molar-refractivity contribution in [2.75, 3.05) is 11.9 Å². The molecule has 0 aliphatic carbocycles. The van der Waals surface area contributed by atoms with E-state index in [-0.39, 0.29) is 24.4 Å². The second kappa shape index (κ2) is 6.23. The largest absolute Gasteiger partial charge is 0.325 e. The van der Waals surface area contributed by atoms with Crippen molar-refractivity contribution in [1.29, 1.82) is 0 Å². The maximum Gasteiger partial charge on any atom is 0.241 e. The fourth-order valence-electron chi connectivity index (χ4n) is 1.67. The Bertz CT molecular complexity index is 350. The molecule has 1 saturated heterocycles. The molecule has 1 aliphatic rings. The Morgan fingerprint density at radius 2 is 2.06 bits per heavy atom. The number of carbonyl (C=O) groups is 1. The maximum absolute atomic E-state index is 11.7. The monoisotopic (exact) mass is 304 g/mol. The van der Waals surface area contributed by atoms with Gasteiger partial charge in [-0.05, 0) is 43.7 Å². The van der Waals surface area contributed by atoms with Gasteiger partial charge in [0.05, 0.1) is 6.04 Å². The van der Waals surface area contributed by atoms with Crippen LogP contribution in [0.25, 0.3) is 0 Å². The SMILES string of the molecule is Cl.O=C(Nc1ccc(Br)cc1)[C@@H]1CCCN1. The molecular formula is C11H14BrClN2O. The summed E-state index contributed by atoms with van der Waals surface area (Å²) in [4.78, 5) is 11.7. The predicted molar refractivity (Wildman–Crippen MR) is 71.0 cm³/mol. The summed E-state index contributed by atoms with van der Waals surface area (Å²) in [5.74, 6) is 0.0647. The Morgan fingerprint density at radius 1 is 1.38 bits per heavy atom. The van der Waals surface area contributed by atoms with Gasteiger partial charge in [-0.15, -0.1) is 12.4 Å². The van der Waals surface area contributed by atoms with Crippen molar-refractivity contribution < 1.29 is 4.79 Å². The Labute approximate surface area is 110 Å². The van der Waals surface area contributed by atoms with Crippen LogP contribution in [0.1, 0.15) is 12.8 Å². The molecule has 1 aliphatic heterocycles. The molecule has 2 rings (SSSR count). The molecular weight excluding hydrogens is 291 g/mol. The van der Waals surface area contributed by atoms with E-state index in [4.69, 9.17) is 0 Å². The van der Waals surface area contributed by atoms with Gasteiger partial charge in [0, 0.05) is 10.2 Å². The predicted octanol–water partition coefficient (Wildman–Crippen LogP) is 2.56. The van der Waals surface area contributed by atoms with Crippen molar-refractivity contribution in [2.24, 2.45) is 0 Å². The molecule has 1 amide bonds. The van der Waals surface area contributed by atoms with Crippen LogP contribution in [0.15, 0.2) is 28.7 Å². The van der Waals surface area contributed by atoms with Gasteiger partial charge in [0.1, 0.15) is 0 Å². The number of carbonyl (C=O) groups excluding carboxylic acids is 1. The van der Waals surface area contributed by atoms with Crippen LogP contribution < -0.4 is 10.6 Å². The molecule has 0 radical (unpaired) electrons. The van der Waals surface area contributed by atoms with Crippen LogP contribution in [0.5, 0.6) is 0 Å². The molecule has 0 bridgehead atoms. The van der Waals surface area contributed by atoms with Gasteiger partial charge in [0.25, 0.3) is 0 Å². The molecule has 5 heteroatoms. The molecule has 88 valence electrons. The van der Waals surface area contributed by atoms with Crippen LogP contribution in [-0.2, 0) is 4.79 Å². The zero-order valence-electron chi connectivity index (χ0n) is 8.70. The Kier molecular flexibility index (Phi) is 5.25. The van der Waals surface area contributed by atoms with Crippen molar-refractivity contribution in [3.8, 4) is 0 Å². The van der Waals surface area contributed by atoms with E-state index in [0.717, 1.165) is 29.5 Å². The number of rotatable bonds is 2. The molecule has 1 aromatic carbocycles. The van der Waals surface area contributed by atoms with Crippen molar-refractivity contribution in [3.63, 3.8) is 0 Å². The minimum Gasteiger partial charge on any atom is -0.325 e. The fraction of sp³-hybridized carbons (Fsp3) is 0.364. The Balaban J connectivity index is 0.00000128. The quantitative estimate of drug-likeness (QED) is 0.882. The molecule has 0 aromatic heterocycles. The lowest BCUT2D eigenvalue weighted by Crippen LogP contribution is -2.35. The molecule has 0 saturated carbocycles. The first kappa shape index (κ1) is 13.5. The number of nitrogens with one attached hydrogen (secondary N) is 2. The third-order valence-corrected chi connectivity index (χ3v) is 3.02. The first-order valence-electron chi connectivity index (χ1n) is 5.05. The van der Waals surface area contributed by atoms with Crippen LogP contribution in [-0.4, -0.2) is 18.5 Å². The third-order valence-electron chi connectivity index (χ3n) is 2.49. The normalized spacial score (nSPS) is 18.9. The van der Waals surface area contributed by atoms with Crippen molar-refractivity contribution >= 4 is 39.9 Å². The van der Waals surface area contributed by atoms with E-state index in [0.29, 0.717) is 0 Å². The molecule has 1 fully saturated rings. The first-order valence-corrected chi connectivity index (χ1v) is 5.85. The second-order valence-electron chi connectivity index (χ2n) is 3.65. The Hall–Kier alpha value is -0.580. The summed E-state index contributed by atoms with van der Waals surface area (Å²) < 4.78 is 1.01. The smallest absolute Gasteiger partial charge is 0.241 e. The van der Waals surface area contributed by atoms with Crippen LogP contribution >= 0.6 is 28.3 Å². The van der Waals surface area contributed by atoms with E-state index in [1.165, 1.54) is 0 Å². The van der Waals surface area contributed by atoms with Crippen molar-refractivity contribution in [1.82, 2.24) is 5.32 Å². The second-order valence-corrected chi connectivity index (χ2v) is 4.56. The zero-order valence-corrected chi connectivity index (χ0v) is 11.1. The van der Waals surface area contributed by atoms with Crippen LogP contribution in [0.3, 0.4) is 0 Å².